The molecule has 1 aromatic carbocycles. The van der Waals surface area contributed by atoms with Crippen LogP contribution in [-0.2, 0) is 16.6 Å². The van der Waals surface area contributed by atoms with Gasteiger partial charge in [0.2, 0.25) is 10.0 Å². The van der Waals surface area contributed by atoms with Crippen LogP contribution in [0.15, 0.2) is 23.1 Å². The van der Waals surface area contributed by atoms with E-state index in [2.05, 4.69) is 4.72 Å². The Morgan fingerprint density at radius 3 is 2.53 bits per heavy atom. The van der Waals surface area contributed by atoms with Crippen LogP contribution >= 0.6 is 0 Å². The molecule has 0 radical (unpaired) electrons. The molecule has 1 aromatic rings. The van der Waals surface area contributed by atoms with Crippen molar-refractivity contribution in [3.8, 4) is 0 Å². The van der Waals surface area contributed by atoms with Crippen molar-refractivity contribution in [2.24, 2.45) is 5.92 Å². The van der Waals surface area contributed by atoms with Crippen LogP contribution in [0.1, 0.15) is 25.0 Å². The van der Waals surface area contributed by atoms with Crippen LogP contribution in [-0.4, -0.2) is 20.1 Å². The Morgan fingerprint density at radius 2 is 2.00 bits per heavy atom. The summed E-state index contributed by atoms with van der Waals surface area (Å²) in [5, 5.41) is 9.11. The van der Waals surface area contributed by atoms with E-state index in [0.717, 1.165) is 5.56 Å². The van der Waals surface area contributed by atoms with Crippen molar-refractivity contribution in [3.63, 3.8) is 0 Å². The van der Waals surface area contributed by atoms with Crippen LogP contribution in [0, 0.1) is 12.8 Å². The van der Waals surface area contributed by atoms with Gasteiger partial charge >= 0.3 is 0 Å². The Bertz CT molecular complexity index is 481. The minimum absolute atomic E-state index is 0.153. The summed E-state index contributed by atoms with van der Waals surface area (Å²) in [4.78, 5) is 0.202. The molecule has 5 heteroatoms. The zero-order valence-electron chi connectivity index (χ0n) is 10.4. The highest BCUT2D eigenvalue weighted by molar-refractivity contribution is 7.89. The number of hydrogen-bond donors (Lipinski definition) is 2. The van der Waals surface area contributed by atoms with Gasteiger partial charge in [-0.15, -0.1) is 0 Å². The van der Waals surface area contributed by atoms with Gasteiger partial charge in [-0.3, -0.25) is 0 Å². The van der Waals surface area contributed by atoms with E-state index in [4.69, 9.17) is 5.11 Å². The summed E-state index contributed by atoms with van der Waals surface area (Å²) in [6, 6.07) is 4.77. The molecule has 0 fully saturated rings. The van der Waals surface area contributed by atoms with Gasteiger partial charge in [0.15, 0.2) is 0 Å². The first-order valence-electron chi connectivity index (χ1n) is 5.57. The largest absolute Gasteiger partial charge is 0.392 e. The Labute approximate surface area is 103 Å². The Hall–Kier alpha value is -0.910. The summed E-state index contributed by atoms with van der Waals surface area (Å²) >= 11 is 0. The van der Waals surface area contributed by atoms with Crippen molar-refractivity contribution in [3.05, 3.63) is 29.3 Å². The summed E-state index contributed by atoms with van der Waals surface area (Å²) in [5.74, 6) is 0.257. The number of sulfonamides is 1. The molecule has 1 rings (SSSR count). The van der Waals surface area contributed by atoms with Gasteiger partial charge < -0.3 is 5.11 Å². The van der Waals surface area contributed by atoms with Crippen molar-refractivity contribution in [2.45, 2.75) is 32.3 Å². The minimum Gasteiger partial charge on any atom is -0.392 e. The van der Waals surface area contributed by atoms with Crippen LogP contribution in [0.3, 0.4) is 0 Å². The maximum Gasteiger partial charge on any atom is 0.240 e. The van der Waals surface area contributed by atoms with E-state index in [0.29, 0.717) is 12.1 Å². The third-order valence-corrected chi connectivity index (χ3v) is 3.90. The SMILES string of the molecule is Cc1ccc(S(=O)(=O)NCC(C)C)cc1CO. The lowest BCUT2D eigenvalue weighted by Crippen LogP contribution is -2.27. The molecule has 0 heterocycles. The molecule has 4 nitrogen and oxygen atoms in total. The highest BCUT2D eigenvalue weighted by atomic mass is 32.2. The zero-order chi connectivity index (χ0) is 13.1. The molecule has 0 aliphatic heterocycles. The van der Waals surface area contributed by atoms with Gasteiger partial charge in [0, 0.05) is 6.54 Å². The average molecular weight is 257 g/mol. The summed E-state index contributed by atoms with van der Waals surface area (Å²) in [7, 11) is -3.47. The van der Waals surface area contributed by atoms with Crippen molar-refractivity contribution < 1.29 is 13.5 Å². The summed E-state index contributed by atoms with van der Waals surface area (Å²) in [5.41, 5.74) is 1.52. The zero-order valence-corrected chi connectivity index (χ0v) is 11.2. The topological polar surface area (TPSA) is 66.4 Å². The van der Waals surface area contributed by atoms with Gasteiger partial charge in [-0.1, -0.05) is 19.9 Å². The van der Waals surface area contributed by atoms with E-state index in [9.17, 15) is 8.42 Å². The van der Waals surface area contributed by atoms with Crippen molar-refractivity contribution >= 4 is 10.0 Å². The quantitative estimate of drug-likeness (QED) is 0.838. The fraction of sp³-hybridized carbons (Fsp3) is 0.500. The lowest BCUT2D eigenvalue weighted by Gasteiger charge is -2.10. The first-order valence-corrected chi connectivity index (χ1v) is 7.05. The first kappa shape index (κ1) is 14.2. The van der Waals surface area contributed by atoms with E-state index < -0.39 is 10.0 Å². The number of rotatable bonds is 5. The lowest BCUT2D eigenvalue weighted by molar-refractivity contribution is 0.280. The predicted octanol–water partition coefficient (Wildman–Crippen LogP) is 1.42. The molecule has 17 heavy (non-hydrogen) atoms. The standard InChI is InChI=1S/C12H19NO3S/c1-9(2)7-13-17(15,16)12-5-4-10(3)11(6-12)8-14/h4-6,9,13-14H,7-8H2,1-3H3. The fourth-order valence-corrected chi connectivity index (χ4v) is 2.61. The Kier molecular flexibility index (Phi) is 4.68. The molecule has 96 valence electrons. The summed E-state index contributed by atoms with van der Waals surface area (Å²) in [6.45, 7) is 5.97. The van der Waals surface area contributed by atoms with Crippen LogP contribution in [0.2, 0.25) is 0 Å². The Balaban J connectivity index is 2.99. The molecule has 0 aliphatic carbocycles. The third-order valence-electron chi connectivity index (χ3n) is 2.48. The molecule has 0 saturated carbocycles. The van der Waals surface area contributed by atoms with Crippen LogP contribution < -0.4 is 4.72 Å². The van der Waals surface area contributed by atoms with E-state index in [1.54, 1.807) is 12.1 Å². The molecule has 0 unspecified atom stereocenters. The van der Waals surface area contributed by atoms with Gasteiger partial charge in [-0.25, -0.2) is 13.1 Å². The van der Waals surface area contributed by atoms with E-state index in [-0.39, 0.29) is 17.4 Å². The number of hydrogen-bond acceptors (Lipinski definition) is 3. The van der Waals surface area contributed by atoms with Gasteiger partial charge in [-0.2, -0.15) is 0 Å². The fourth-order valence-electron chi connectivity index (χ4n) is 1.35. The lowest BCUT2D eigenvalue weighted by atomic mass is 10.1. The molecule has 0 atom stereocenters. The monoisotopic (exact) mass is 257 g/mol. The average Bonchev–Trinajstić information content (AvgIpc) is 2.27. The molecular formula is C12H19NO3S. The molecule has 2 N–H and O–H groups in total. The maximum absolute atomic E-state index is 11.9. The molecular weight excluding hydrogens is 238 g/mol. The minimum atomic E-state index is -3.47. The second-order valence-electron chi connectivity index (χ2n) is 4.49. The van der Waals surface area contributed by atoms with Gasteiger partial charge in [0.25, 0.3) is 0 Å². The van der Waals surface area contributed by atoms with Crippen molar-refractivity contribution in [2.75, 3.05) is 6.54 Å². The second-order valence-corrected chi connectivity index (χ2v) is 6.26. The molecule has 0 bridgehead atoms. The van der Waals surface area contributed by atoms with E-state index in [1.165, 1.54) is 6.07 Å². The Morgan fingerprint density at radius 1 is 1.35 bits per heavy atom. The second kappa shape index (κ2) is 5.62. The highest BCUT2D eigenvalue weighted by Gasteiger charge is 2.15. The van der Waals surface area contributed by atoms with Crippen molar-refractivity contribution in [1.29, 1.82) is 0 Å². The predicted molar refractivity (Wildman–Crippen MR) is 67.1 cm³/mol. The molecule has 0 aromatic heterocycles. The van der Waals surface area contributed by atoms with Crippen molar-refractivity contribution in [1.82, 2.24) is 4.72 Å². The van der Waals surface area contributed by atoms with Crippen LogP contribution in [0.5, 0.6) is 0 Å². The smallest absolute Gasteiger partial charge is 0.240 e. The number of aryl methyl sites for hydroxylation is 1. The molecule has 0 amide bonds. The number of aliphatic hydroxyl groups is 1. The maximum atomic E-state index is 11.9. The summed E-state index contributed by atoms with van der Waals surface area (Å²) in [6.07, 6.45) is 0. The van der Waals surface area contributed by atoms with Gasteiger partial charge in [0.1, 0.15) is 0 Å². The normalized spacial score (nSPS) is 12.1. The number of benzene rings is 1. The third kappa shape index (κ3) is 3.80. The first-order chi connectivity index (χ1) is 7.86. The van der Waals surface area contributed by atoms with Crippen LogP contribution in [0.4, 0.5) is 0 Å². The van der Waals surface area contributed by atoms with Gasteiger partial charge in [0.05, 0.1) is 11.5 Å². The summed E-state index contributed by atoms with van der Waals surface area (Å²) < 4.78 is 26.4. The highest BCUT2D eigenvalue weighted by Crippen LogP contribution is 2.15. The van der Waals surface area contributed by atoms with Gasteiger partial charge in [-0.05, 0) is 36.1 Å². The molecule has 0 spiro atoms. The number of nitrogens with one attached hydrogen (secondary N) is 1. The van der Waals surface area contributed by atoms with E-state index in [1.807, 2.05) is 20.8 Å². The molecule has 0 saturated heterocycles. The molecule has 0 aliphatic rings. The van der Waals surface area contributed by atoms with E-state index >= 15 is 0 Å². The number of aliphatic hydroxyl groups excluding tert-OH is 1. The van der Waals surface area contributed by atoms with Crippen LogP contribution in [0.25, 0.3) is 0 Å².